The molecule has 0 saturated carbocycles. The summed E-state index contributed by atoms with van der Waals surface area (Å²) in [6.45, 7) is 5.18. The molecule has 3 atom stereocenters. The maximum absolute atomic E-state index is 13.5. The van der Waals surface area contributed by atoms with E-state index in [2.05, 4.69) is 22.5 Å². The zero-order valence-electron chi connectivity index (χ0n) is 11.9. The second kappa shape index (κ2) is 5.69. The molecule has 2 aliphatic heterocycles. The number of benzene rings is 1. The number of nitrogens with zero attached hydrogens (tertiary/aromatic N) is 1. The second-order valence-electron chi connectivity index (χ2n) is 5.92. The molecule has 4 nitrogen and oxygen atoms in total. The van der Waals surface area contributed by atoms with Crippen LogP contribution in [-0.4, -0.2) is 43.0 Å². The minimum Gasteiger partial charge on any atom is -0.322 e. The lowest BCUT2D eigenvalue weighted by Gasteiger charge is -2.23. The predicted molar refractivity (Wildman–Crippen MR) is 75.9 cm³/mol. The van der Waals surface area contributed by atoms with Crippen LogP contribution in [0.2, 0.25) is 0 Å². The Hall–Kier alpha value is -1.53. The lowest BCUT2D eigenvalue weighted by atomic mass is 9.95. The van der Waals surface area contributed by atoms with Gasteiger partial charge in [0, 0.05) is 18.7 Å². The van der Waals surface area contributed by atoms with Crippen LogP contribution in [-0.2, 0) is 4.79 Å². The van der Waals surface area contributed by atoms with Crippen LogP contribution in [0.1, 0.15) is 6.92 Å². The van der Waals surface area contributed by atoms with E-state index in [1.807, 2.05) is 0 Å². The van der Waals surface area contributed by atoms with Crippen molar-refractivity contribution < 1.29 is 13.6 Å². The molecule has 0 spiro atoms. The molecule has 2 fully saturated rings. The van der Waals surface area contributed by atoms with Crippen LogP contribution in [0.5, 0.6) is 0 Å². The van der Waals surface area contributed by atoms with Crippen molar-refractivity contribution in [2.75, 3.05) is 31.5 Å². The first-order chi connectivity index (χ1) is 10.0. The molecule has 2 saturated heterocycles. The van der Waals surface area contributed by atoms with E-state index in [0.29, 0.717) is 17.9 Å². The number of nitrogens with one attached hydrogen (secondary N) is 2. The monoisotopic (exact) mass is 295 g/mol. The Labute approximate surface area is 122 Å². The van der Waals surface area contributed by atoms with Crippen LogP contribution in [0.15, 0.2) is 18.2 Å². The number of fused-ring (bicyclic) bond motifs is 1. The summed E-state index contributed by atoms with van der Waals surface area (Å²) in [6, 6.07) is 3.37. The minimum atomic E-state index is -0.625. The highest BCUT2D eigenvalue weighted by Crippen LogP contribution is 2.31. The Morgan fingerprint density at radius 2 is 2.24 bits per heavy atom. The van der Waals surface area contributed by atoms with Crippen molar-refractivity contribution in [1.82, 2.24) is 10.2 Å². The Bertz CT molecular complexity index is 552. The van der Waals surface area contributed by atoms with Crippen LogP contribution in [0.3, 0.4) is 0 Å². The lowest BCUT2D eigenvalue weighted by molar-refractivity contribution is -0.117. The van der Waals surface area contributed by atoms with Gasteiger partial charge >= 0.3 is 0 Å². The zero-order chi connectivity index (χ0) is 15.0. The Balaban J connectivity index is 1.61. The van der Waals surface area contributed by atoms with Gasteiger partial charge in [-0.05, 0) is 44.0 Å². The number of likely N-dealkylation sites (tertiary alicyclic amines) is 1. The highest BCUT2D eigenvalue weighted by Gasteiger charge is 2.42. The summed E-state index contributed by atoms with van der Waals surface area (Å²) in [5, 5.41) is 5.82. The van der Waals surface area contributed by atoms with Gasteiger partial charge in [0.05, 0.1) is 12.2 Å². The molecule has 0 aromatic heterocycles. The molecule has 2 N–H and O–H groups in total. The van der Waals surface area contributed by atoms with E-state index in [4.69, 9.17) is 0 Å². The van der Waals surface area contributed by atoms with Crippen LogP contribution in [0.25, 0.3) is 0 Å². The van der Waals surface area contributed by atoms with Crippen LogP contribution < -0.4 is 10.6 Å². The first-order valence-corrected chi connectivity index (χ1v) is 7.24. The third kappa shape index (κ3) is 2.91. The van der Waals surface area contributed by atoms with Crippen molar-refractivity contribution in [3.8, 4) is 0 Å². The molecule has 2 heterocycles. The van der Waals surface area contributed by atoms with Gasteiger partial charge in [0.25, 0.3) is 0 Å². The largest absolute Gasteiger partial charge is 0.322 e. The van der Waals surface area contributed by atoms with Gasteiger partial charge in [-0.15, -0.1) is 0 Å². The molecular weight excluding hydrogens is 276 g/mol. The molecule has 2 aliphatic rings. The number of anilines is 1. The van der Waals surface area contributed by atoms with Crippen molar-refractivity contribution in [1.29, 1.82) is 0 Å². The van der Waals surface area contributed by atoms with Crippen LogP contribution in [0.4, 0.5) is 14.5 Å². The number of carbonyl (C=O) groups excluding carboxylic acids is 1. The van der Waals surface area contributed by atoms with Crippen molar-refractivity contribution in [2.45, 2.75) is 13.0 Å². The molecule has 0 bridgehead atoms. The maximum atomic E-state index is 13.5. The number of carbonyl (C=O) groups is 1. The van der Waals surface area contributed by atoms with E-state index in [0.717, 1.165) is 37.8 Å². The Morgan fingerprint density at radius 3 is 3.00 bits per heavy atom. The fraction of sp³-hybridized carbons (Fsp3) is 0.533. The average Bonchev–Trinajstić information content (AvgIpc) is 2.99. The van der Waals surface area contributed by atoms with Gasteiger partial charge in [-0.25, -0.2) is 8.78 Å². The number of hydrogen-bond donors (Lipinski definition) is 2. The van der Waals surface area contributed by atoms with Crippen LogP contribution >= 0.6 is 0 Å². The molecule has 3 rings (SSSR count). The smallest absolute Gasteiger partial charge is 0.238 e. The summed E-state index contributed by atoms with van der Waals surface area (Å²) in [4.78, 5) is 14.2. The van der Waals surface area contributed by atoms with Gasteiger partial charge < -0.3 is 10.6 Å². The van der Waals surface area contributed by atoms with Gasteiger partial charge in [0.2, 0.25) is 5.91 Å². The van der Waals surface area contributed by atoms with Crippen molar-refractivity contribution in [2.24, 2.45) is 11.8 Å². The number of hydrogen-bond acceptors (Lipinski definition) is 3. The van der Waals surface area contributed by atoms with Crippen molar-refractivity contribution in [3.05, 3.63) is 29.8 Å². The highest BCUT2D eigenvalue weighted by atomic mass is 19.1. The lowest BCUT2D eigenvalue weighted by Crippen LogP contribution is -2.39. The van der Waals surface area contributed by atoms with Gasteiger partial charge in [0.15, 0.2) is 0 Å². The molecule has 6 heteroatoms. The van der Waals surface area contributed by atoms with E-state index in [1.165, 1.54) is 0 Å². The number of amides is 1. The molecule has 1 aromatic rings. The fourth-order valence-electron chi connectivity index (χ4n) is 3.43. The molecule has 1 aromatic carbocycles. The minimum absolute atomic E-state index is 0.103. The van der Waals surface area contributed by atoms with E-state index < -0.39 is 11.6 Å². The van der Waals surface area contributed by atoms with Gasteiger partial charge in [-0.1, -0.05) is 0 Å². The third-order valence-electron chi connectivity index (χ3n) is 4.61. The highest BCUT2D eigenvalue weighted by molar-refractivity contribution is 5.92. The van der Waals surface area contributed by atoms with Crippen LogP contribution in [0, 0.1) is 23.5 Å². The van der Waals surface area contributed by atoms with Crippen molar-refractivity contribution in [3.63, 3.8) is 0 Å². The molecule has 0 radical (unpaired) electrons. The van der Waals surface area contributed by atoms with E-state index >= 15 is 0 Å². The summed E-state index contributed by atoms with van der Waals surface area (Å²) >= 11 is 0. The fourth-order valence-corrected chi connectivity index (χ4v) is 3.43. The molecule has 0 aliphatic carbocycles. The topological polar surface area (TPSA) is 44.4 Å². The summed E-state index contributed by atoms with van der Waals surface area (Å²) in [5.41, 5.74) is -0.103. The zero-order valence-corrected chi connectivity index (χ0v) is 11.9. The summed E-state index contributed by atoms with van der Waals surface area (Å²) in [7, 11) is 0. The first-order valence-electron chi connectivity index (χ1n) is 7.24. The van der Waals surface area contributed by atoms with Gasteiger partial charge in [0.1, 0.15) is 11.6 Å². The SMILES string of the molecule is CC1C2CNCC2CN1CC(=O)Nc1cc(F)ccc1F. The molecule has 3 unspecified atom stereocenters. The predicted octanol–water partition coefficient (Wildman–Crippen LogP) is 1.44. The van der Waals surface area contributed by atoms with E-state index in [1.54, 1.807) is 0 Å². The molecule has 114 valence electrons. The number of halogens is 2. The Kier molecular flexibility index (Phi) is 3.91. The Morgan fingerprint density at radius 1 is 1.43 bits per heavy atom. The number of rotatable bonds is 3. The average molecular weight is 295 g/mol. The van der Waals surface area contributed by atoms with Crippen molar-refractivity contribution >= 4 is 11.6 Å². The van der Waals surface area contributed by atoms with Gasteiger partial charge in [-0.3, -0.25) is 9.69 Å². The standard InChI is InChI=1S/C15H19F2N3O/c1-9-12-6-18-5-10(12)7-20(9)8-15(21)19-14-4-11(16)2-3-13(14)17/h2-4,9-10,12,18H,5-8H2,1H3,(H,19,21). The molecule has 21 heavy (non-hydrogen) atoms. The third-order valence-corrected chi connectivity index (χ3v) is 4.61. The summed E-state index contributed by atoms with van der Waals surface area (Å²) in [6.07, 6.45) is 0. The normalized spacial score (nSPS) is 28.6. The quantitative estimate of drug-likeness (QED) is 0.887. The van der Waals surface area contributed by atoms with Gasteiger partial charge in [-0.2, -0.15) is 0 Å². The maximum Gasteiger partial charge on any atom is 0.238 e. The molecule has 1 amide bonds. The summed E-state index contributed by atoms with van der Waals surface area (Å²) in [5.74, 6) is -0.344. The first kappa shape index (κ1) is 14.4. The van der Waals surface area contributed by atoms with E-state index in [-0.39, 0.29) is 18.1 Å². The second-order valence-corrected chi connectivity index (χ2v) is 5.92. The summed E-state index contributed by atoms with van der Waals surface area (Å²) < 4.78 is 26.6. The van der Waals surface area contributed by atoms with E-state index in [9.17, 15) is 13.6 Å². The molecular formula is C15H19F2N3O.